The fraction of sp³-hybridized carbons (Fsp3) is 0.364. The maximum absolute atomic E-state index is 11.2. The van der Waals surface area contributed by atoms with Gasteiger partial charge in [0.15, 0.2) is 0 Å². The van der Waals surface area contributed by atoms with Crippen LogP contribution in [0.4, 0.5) is 0 Å². The molecule has 1 aliphatic heterocycles. The Hall–Kier alpha value is -1.35. The van der Waals surface area contributed by atoms with Gasteiger partial charge < -0.3 is 10.6 Å². The first-order valence-electron chi connectivity index (χ1n) is 4.77. The molecule has 2 rings (SSSR count). The third kappa shape index (κ3) is 1.51. The summed E-state index contributed by atoms with van der Waals surface area (Å²) in [6, 6.07) is 8.00. The van der Waals surface area contributed by atoms with Crippen LogP contribution in [0.15, 0.2) is 24.3 Å². The van der Waals surface area contributed by atoms with Crippen molar-refractivity contribution in [2.24, 2.45) is 5.73 Å². The maximum Gasteiger partial charge on any atom is 0.219 e. The van der Waals surface area contributed by atoms with Gasteiger partial charge in [-0.1, -0.05) is 24.3 Å². The number of hydrogen-bond acceptors (Lipinski definition) is 2. The van der Waals surface area contributed by atoms with E-state index in [2.05, 4.69) is 0 Å². The molecule has 14 heavy (non-hydrogen) atoms. The number of carbonyl (C=O) groups is 1. The number of nitrogens with two attached hydrogens (primary N) is 1. The van der Waals surface area contributed by atoms with Gasteiger partial charge in [-0.3, -0.25) is 4.79 Å². The topological polar surface area (TPSA) is 46.3 Å². The van der Waals surface area contributed by atoms with E-state index in [4.69, 9.17) is 5.73 Å². The minimum absolute atomic E-state index is 0.0381. The summed E-state index contributed by atoms with van der Waals surface area (Å²) in [5.41, 5.74) is 8.32. The molecular weight excluding hydrogens is 176 g/mol. The van der Waals surface area contributed by atoms with Crippen molar-refractivity contribution in [3.05, 3.63) is 35.4 Å². The zero-order valence-corrected chi connectivity index (χ0v) is 8.23. The highest BCUT2D eigenvalue weighted by molar-refractivity contribution is 5.73. The molecule has 1 aliphatic rings. The van der Waals surface area contributed by atoms with Crippen molar-refractivity contribution in [1.29, 1.82) is 0 Å². The average Bonchev–Trinajstić information content (AvgIpc) is 2.17. The van der Waals surface area contributed by atoms with Gasteiger partial charge in [-0.2, -0.15) is 0 Å². The molecule has 0 fully saturated rings. The van der Waals surface area contributed by atoms with Crippen molar-refractivity contribution in [3.63, 3.8) is 0 Å². The van der Waals surface area contributed by atoms with Gasteiger partial charge in [0.1, 0.15) is 0 Å². The molecule has 0 bridgehead atoms. The van der Waals surface area contributed by atoms with Crippen molar-refractivity contribution >= 4 is 5.91 Å². The lowest BCUT2D eigenvalue weighted by molar-refractivity contribution is -0.130. The van der Waals surface area contributed by atoms with Gasteiger partial charge in [-0.05, 0) is 11.1 Å². The summed E-state index contributed by atoms with van der Waals surface area (Å²) in [5, 5.41) is 0. The fourth-order valence-electron chi connectivity index (χ4n) is 1.89. The van der Waals surface area contributed by atoms with Gasteiger partial charge in [0.25, 0.3) is 0 Å². The van der Waals surface area contributed by atoms with Crippen LogP contribution in [-0.4, -0.2) is 17.4 Å². The summed E-state index contributed by atoms with van der Waals surface area (Å²) in [7, 11) is 0. The molecule has 2 N–H and O–H groups in total. The van der Waals surface area contributed by atoms with Crippen LogP contribution in [0, 0.1) is 0 Å². The van der Waals surface area contributed by atoms with Crippen LogP contribution < -0.4 is 5.73 Å². The molecule has 0 saturated carbocycles. The molecule has 0 aliphatic carbocycles. The molecule has 0 unspecified atom stereocenters. The normalized spacial score (nSPS) is 20.4. The van der Waals surface area contributed by atoms with E-state index in [0.29, 0.717) is 13.1 Å². The Bertz CT molecular complexity index is 362. The van der Waals surface area contributed by atoms with Crippen molar-refractivity contribution in [2.75, 3.05) is 6.54 Å². The van der Waals surface area contributed by atoms with Gasteiger partial charge in [0.2, 0.25) is 5.91 Å². The number of rotatable bonds is 0. The molecule has 3 heteroatoms. The van der Waals surface area contributed by atoms with Crippen molar-refractivity contribution in [3.8, 4) is 0 Å². The summed E-state index contributed by atoms with van der Waals surface area (Å²) in [5.74, 6) is 0.0925. The molecule has 74 valence electrons. The number of carbonyl (C=O) groups excluding carboxylic acids is 1. The minimum atomic E-state index is -0.0381. The third-order valence-corrected chi connectivity index (χ3v) is 2.68. The Labute approximate surface area is 83.5 Å². The number of amides is 1. The summed E-state index contributed by atoms with van der Waals surface area (Å²) in [6.07, 6.45) is 0. The van der Waals surface area contributed by atoms with E-state index in [1.165, 1.54) is 11.1 Å². The summed E-state index contributed by atoms with van der Waals surface area (Å²) in [6.45, 7) is 2.91. The lowest BCUT2D eigenvalue weighted by Gasteiger charge is -2.32. The lowest BCUT2D eigenvalue weighted by atomic mass is 9.96. The van der Waals surface area contributed by atoms with E-state index >= 15 is 0 Å². The highest BCUT2D eigenvalue weighted by atomic mass is 16.2. The van der Waals surface area contributed by atoms with E-state index in [9.17, 15) is 4.79 Å². The first-order chi connectivity index (χ1) is 6.68. The van der Waals surface area contributed by atoms with E-state index in [1.807, 2.05) is 24.3 Å². The van der Waals surface area contributed by atoms with Gasteiger partial charge in [-0.15, -0.1) is 0 Å². The Morgan fingerprint density at radius 1 is 1.50 bits per heavy atom. The Balaban J connectivity index is 2.33. The number of fused-ring (bicyclic) bond motifs is 1. The summed E-state index contributed by atoms with van der Waals surface area (Å²) >= 11 is 0. The Morgan fingerprint density at radius 2 is 2.21 bits per heavy atom. The predicted molar refractivity (Wildman–Crippen MR) is 54.5 cm³/mol. The molecule has 0 spiro atoms. The smallest absolute Gasteiger partial charge is 0.219 e. The average molecular weight is 190 g/mol. The third-order valence-electron chi connectivity index (χ3n) is 2.68. The first-order valence-corrected chi connectivity index (χ1v) is 4.77. The summed E-state index contributed by atoms with van der Waals surface area (Å²) in [4.78, 5) is 13.0. The van der Waals surface area contributed by atoms with Gasteiger partial charge in [0.05, 0.1) is 0 Å². The van der Waals surface area contributed by atoms with E-state index in [0.717, 1.165) is 0 Å². The quantitative estimate of drug-likeness (QED) is 0.664. The highest BCUT2D eigenvalue weighted by Gasteiger charge is 2.23. The van der Waals surface area contributed by atoms with Crippen LogP contribution in [0.1, 0.15) is 24.1 Å². The lowest BCUT2D eigenvalue weighted by Crippen LogP contribution is -2.39. The molecule has 1 amide bonds. The van der Waals surface area contributed by atoms with E-state index in [1.54, 1.807) is 11.8 Å². The van der Waals surface area contributed by atoms with Gasteiger partial charge in [0, 0.05) is 26.1 Å². The number of benzene rings is 1. The number of hydrogen-bond donors (Lipinski definition) is 1. The number of nitrogens with zero attached hydrogens (tertiary/aromatic N) is 1. The zero-order valence-electron chi connectivity index (χ0n) is 8.23. The van der Waals surface area contributed by atoms with Crippen LogP contribution in [0.5, 0.6) is 0 Å². The second kappa shape index (κ2) is 3.42. The fourth-order valence-corrected chi connectivity index (χ4v) is 1.89. The molecule has 3 nitrogen and oxygen atoms in total. The first kappa shape index (κ1) is 9.21. The van der Waals surface area contributed by atoms with Crippen LogP contribution in [0.25, 0.3) is 0 Å². The van der Waals surface area contributed by atoms with Crippen LogP contribution in [0.2, 0.25) is 0 Å². The highest BCUT2D eigenvalue weighted by Crippen LogP contribution is 2.24. The van der Waals surface area contributed by atoms with Gasteiger partial charge in [-0.25, -0.2) is 0 Å². The van der Waals surface area contributed by atoms with Crippen molar-refractivity contribution in [1.82, 2.24) is 4.90 Å². The SMILES string of the molecule is CC(=O)N1Cc2ccccc2[C@@H](N)C1. The monoisotopic (exact) mass is 190 g/mol. The molecule has 1 aromatic rings. The Morgan fingerprint density at radius 3 is 2.93 bits per heavy atom. The van der Waals surface area contributed by atoms with Crippen LogP contribution in [0.3, 0.4) is 0 Å². The summed E-state index contributed by atoms with van der Waals surface area (Å²) < 4.78 is 0. The maximum atomic E-state index is 11.2. The minimum Gasteiger partial charge on any atom is -0.337 e. The molecule has 1 atom stereocenters. The standard InChI is InChI=1S/C11H14N2O/c1-8(14)13-6-9-4-2-3-5-10(9)11(12)7-13/h2-5,11H,6-7,12H2,1H3/t11-/m0/s1. The van der Waals surface area contributed by atoms with Gasteiger partial charge >= 0.3 is 0 Å². The second-order valence-electron chi connectivity index (χ2n) is 3.70. The van der Waals surface area contributed by atoms with E-state index < -0.39 is 0 Å². The largest absolute Gasteiger partial charge is 0.337 e. The molecule has 0 radical (unpaired) electrons. The molecule has 1 heterocycles. The second-order valence-corrected chi connectivity index (χ2v) is 3.70. The Kier molecular flexibility index (Phi) is 2.25. The van der Waals surface area contributed by atoms with Crippen molar-refractivity contribution < 1.29 is 4.79 Å². The molecular formula is C11H14N2O. The zero-order chi connectivity index (χ0) is 10.1. The van der Waals surface area contributed by atoms with E-state index in [-0.39, 0.29) is 11.9 Å². The van der Waals surface area contributed by atoms with Crippen LogP contribution >= 0.6 is 0 Å². The molecule has 0 saturated heterocycles. The molecule has 0 aromatic heterocycles. The van der Waals surface area contributed by atoms with Crippen LogP contribution in [-0.2, 0) is 11.3 Å². The van der Waals surface area contributed by atoms with Crippen molar-refractivity contribution in [2.45, 2.75) is 19.5 Å². The predicted octanol–water partition coefficient (Wildman–Crippen LogP) is 1.05. The molecule has 1 aromatic carbocycles.